The van der Waals surface area contributed by atoms with Crippen LogP contribution in [0.25, 0.3) is 0 Å². The Balaban J connectivity index is 2.26. The SMILES string of the molecule is O=S(=O)(Nc1cc(Cl)c(Cl)cc1Cl)c1ccc(OC(F)(F)F)cc1. The molecule has 0 aliphatic rings. The second-order valence-corrected chi connectivity index (χ2v) is 7.27. The van der Waals surface area contributed by atoms with E-state index in [1.165, 1.54) is 12.1 Å². The fourth-order valence-electron chi connectivity index (χ4n) is 1.62. The van der Waals surface area contributed by atoms with Crippen molar-refractivity contribution in [2.75, 3.05) is 4.72 Å². The van der Waals surface area contributed by atoms with Gasteiger partial charge in [0.05, 0.1) is 25.7 Å². The van der Waals surface area contributed by atoms with Crippen molar-refractivity contribution in [3.05, 3.63) is 51.5 Å². The topological polar surface area (TPSA) is 55.4 Å². The summed E-state index contributed by atoms with van der Waals surface area (Å²) in [5.41, 5.74) is -0.0262. The summed E-state index contributed by atoms with van der Waals surface area (Å²) in [7, 11) is -4.10. The Morgan fingerprint density at radius 3 is 2.00 bits per heavy atom. The van der Waals surface area contributed by atoms with Crippen LogP contribution in [0.2, 0.25) is 15.1 Å². The maximum absolute atomic E-state index is 12.2. The van der Waals surface area contributed by atoms with Crippen molar-refractivity contribution in [2.45, 2.75) is 11.3 Å². The lowest BCUT2D eigenvalue weighted by Gasteiger charge is -2.12. The first-order valence-corrected chi connectivity index (χ1v) is 8.63. The van der Waals surface area contributed by atoms with Crippen LogP contribution in [-0.4, -0.2) is 14.8 Å². The zero-order valence-electron chi connectivity index (χ0n) is 11.4. The summed E-state index contributed by atoms with van der Waals surface area (Å²) in [6.45, 7) is 0. The summed E-state index contributed by atoms with van der Waals surface area (Å²) in [6, 6.07) is 6.12. The van der Waals surface area contributed by atoms with Gasteiger partial charge in [-0.05, 0) is 36.4 Å². The summed E-state index contributed by atoms with van der Waals surface area (Å²) >= 11 is 17.4. The van der Waals surface area contributed by atoms with Crippen LogP contribution < -0.4 is 9.46 Å². The van der Waals surface area contributed by atoms with E-state index in [1.54, 1.807) is 0 Å². The summed E-state index contributed by atoms with van der Waals surface area (Å²) in [5.74, 6) is -0.547. The first-order chi connectivity index (χ1) is 11.0. The quantitative estimate of drug-likeness (QED) is 0.679. The molecule has 24 heavy (non-hydrogen) atoms. The molecule has 0 bridgehead atoms. The molecule has 0 radical (unpaired) electrons. The van der Waals surface area contributed by atoms with E-state index in [0.717, 1.165) is 24.3 Å². The van der Waals surface area contributed by atoms with E-state index in [4.69, 9.17) is 34.8 Å². The first kappa shape index (κ1) is 19.0. The van der Waals surface area contributed by atoms with Crippen LogP contribution in [0, 0.1) is 0 Å². The maximum Gasteiger partial charge on any atom is 0.573 e. The molecule has 2 rings (SSSR count). The molecule has 1 N–H and O–H groups in total. The second-order valence-electron chi connectivity index (χ2n) is 4.37. The van der Waals surface area contributed by atoms with E-state index < -0.39 is 22.1 Å². The number of anilines is 1. The third kappa shape index (κ3) is 4.83. The highest BCUT2D eigenvalue weighted by atomic mass is 35.5. The van der Waals surface area contributed by atoms with Crippen LogP contribution in [0.15, 0.2) is 41.3 Å². The third-order valence-electron chi connectivity index (χ3n) is 2.62. The molecule has 0 amide bonds. The van der Waals surface area contributed by atoms with Gasteiger partial charge in [-0.25, -0.2) is 8.42 Å². The number of rotatable bonds is 4. The van der Waals surface area contributed by atoms with Crippen molar-refractivity contribution >= 4 is 50.5 Å². The van der Waals surface area contributed by atoms with Crippen molar-refractivity contribution < 1.29 is 26.3 Å². The van der Waals surface area contributed by atoms with Gasteiger partial charge in [0.2, 0.25) is 0 Å². The lowest BCUT2D eigenvalue weighted by atomic mass is 10.3. The van der Waals surface area contributed by atoms with Gasteiger partial charge in [-0.2, -0.15) is 0 Å². The van der Waals surface area contributed by atoms with Crippen molar-refractivity contribution in [3.63, 3.8) is 0 Å². The van der Waals surface area contributed by atoms with Gasteiger partial charge in [-0.1, -0.05) is 34.8 Å². The molecule has 0 fully saturated rings. The zero-order valence-corrected chi connectivity index (χ0v) is 14.4. The smallest absolute Gasteiger partial charge is 0.406 e. The van der Waals surface area contributed by atoms with E-state index in [-0.39, 0.29) is 25.7 Å². The molecule has 0 aromatic heterocycles. The second kappa shape index (κ2) is 6.87. The normalized spacial score (nSPS) is 12.1. The lowest BCUT2D eigenvalue weighted by molar-refractivity contribution is -0.274. The first-order valence-electron chi connectivity index (χ1n) is 6.01. The molecule has 0 atom stereocenters. The minimum Gasteiger partial charge on any atom is -0.406 e. The average Bonchev–Trinajstić information content (AvgIpc) is 2.43. The molecule has 11 heteroatoms. The molecule has 0 spiro atoms. The van der Waals surface area contributed by atoms with Gasteiger partial charge >= 0.3 is 6.36 Å². The lowest BCUT2D eigenvalue weighted by Crippen LogP contribution is -2.17. The highest BCUT2D eigenvalue weighted by Crippen LogP contribution is 2.33. The van der Waals surface area contributed by atoms with Gasteiger partial charge in [-0.15, -0.1) is 13.2 Å². The zero-order chi connectivity index (χ0) is 18.1. The fraction of sp³-hybridized carbons (Fsp3) is 0.0769. The average molecular weight is 421 g/mol. The van der Waals surface area contributed by atoms with Crippen LogP contribution in [0.5, 0.6) is 5.75 Å². The largest absolute Gasteiger partial charge is 0.573 e. The molecular weight excluding hydrogens is 414 g/mol. The summed E-state index contributed by atoms with van der Waals surface area (Å²) < 4.78 is 66.6. The number of halogens is 6. The number of nitrogens with one attached hydrogen (secondary N) is 1. The van der Waals surface area contributed by atoms with Gasteiger partial charge in [0, 0.05) is 0 Å². The predicted molar refractivity (Wildman–Crippen MR) is 85.4 cm³/mol. The molecule has 0 saturated carbocycles. The van der Waals surface area contributed by atoms with E-state index in [9.17, 15) is 21.6 Å². The molecular formula is C13H7Cl3F3NO3S. The van der Waals surface area contributed by atoms with E-state index in [2.05, 4.69) is 9.46 Å². The number of alkyl halides is 3. The van der Waals surface area contributed by atoms with Crippen molar-refractivity contribution in [1.29, 1.82) is 0 Å². The molecule has 2 aromatic carbocycles. The maximum atomic E-state index is 12.2. The summed E-state index contributed by atoms with van der Waals surface area (Å²) in [4.78, 5) is -0.292. The number of hydrogen-bond donors (Lipinski definition) is 1. The van der Waals surface area contributed by atoms with Crippen LogP contribution in [-0.2, 0) is 10.0 Å². The number of hydrogen-bond acceptors (Lipinski definition) is 3. The molecule has 130 valence electrons. The van der Waals surface area contributed by atoms with Crippen LogP contribution in [0.1, 0.15) is 0 Å². The number of sulfonamides is 1. The summed E-state index contributed by atoms with van der Waals surface area (Å²) in [5, 5.41) is 0.218. The minimum atomic E-state index is -4.87. The van der Waals surface area contributed by atoms with Gasteiger partial charge in [0.1, 0.15) is 5.75 Å². The minimum absolute atomic E-state index is 0.00463. The Hall–Kier alpha value is -1.35. The van der Waals surface area contributed by atoms with Crippen LogP contribution in [0.3, 0.4) is 0 Å². The highest BCUT2D eigenvalue weighted by Gasteiger charge is 2.31. The Labute approximate surface area is 150 Å². The Kier molecular flexibility index (Phi) is 5.44. The van der Waals surface area contributed by atoms with Gasteiger partial charge in [-0.3, -0.25) is 4.72 Å². The molecule has 4 nitrogen and oxygen atoms in total. The standard InChI is InChI=1S/C13H7Cl3F3NO3S/c14-9-5-11(16)12(6-10(9)15)20-24(21,22)8-3-1-7(2-4-8)23-13(17,18)19/h1-6,20H. The third-order valence-corrected chi connectivity index (χ3v) is 5.04. The Bertz CT molecular complexity index is 855. The molecule has 2 aromatic rings. The predicted octanol–water partition coefficient (Wildman–Crippen LogP) is 5.35. The highest BCUT2D eigenvalue weighted by molar-refractivity contribution is 7.92. The molecule has 0 heterocycles. The van der Waals surface area contributed by atoms with E-state index in [1.807, 2.05) is 0 Å². The number of benzene rings is 2. The van der Waals surface area contributed by atoms with Gasteiger partial charge < -0.3 is 4.74 Å². The Morgan fingerprint density at radius 2 is 1.46 bits per heavy atom. The molecule has 0 saturated heterocycles. The van der Waals surface area contributed by atoms with Crippen LogP contribution in [0.4, 0.5) is 18.9 Å². The molecule has 0 aliphatic heterocycles. The number of ether oxygens (including phenoxy) is 1. The monoisotopic (exact) mass is 419 g/mol. The van der Waals surface area contributed by atoms with E-state index >= 15 is 0 Å². The van der Waals surface area contributed by atoms with E-state index in [0.29, 0.717) is 0 Å². The van der Waals surface area contributed by atoms with Crippen molar-refractivity contribution in [1.82, 2.24) is 0 Å². The molecule has 0 aliphatic carbocycles. The van der Waals surface area contributed by atoms with Crippen molar-refractivity contribution in [2.24, 2.45) is 0 Å². The van der Waals surface area contributed by atoms with Gasteiger partial charge in [0.25, 0.3) is 10.0 Å². The Morgan fingerprint density at radius 1 is 0.917 bits per heavy atom. The molecule has 0 unspecified atom stereocenters. The van der Waals surface area contributed by atoms with Gasteiger partial charge in [0.15, 0.2) is 0 Å². The summed E-state index contributed by atoms with van der Waals surface area (Å²) in [6.07, 6.45) is -4.87. The van der Waals surface area contributed by atoms with Crippen molar-refractivity contribution in [3.8, 4) is 5.75 Å². The van der Waals surface area contributed by atoms with Crippen LogP contribution >= 0.6 is 34.8 Å². The fourth-order valence-corrected chi connectivity index (χ4v) is 3.35.